The molecule has 3 aromatic carbocycles. The molecule has 13 nitrogen and oxygen atoms in total. The van der Waals surface area contributed by atoms with Gasteiger partial charge in [-0.25, -0.2) is 4.79 Å². The quantitative estimate of drug-likeness (QED) is 0.138. The fraction of sp³-hybridized carbons (Fsp3) is 0.316. The number of rotatable bonds is 10. The van der Waals surface area contributed by atoms with Gasteiger partial charge in [-0.05, 0) is 86.0 Å². The van der Waals surface area contributed by atoms with Crippen molar-refractivity contribution < 1.29 is 23.9 Å². The molecule has 5 rings (SSSR count). The monoisotopic (exact) mass is 690 g/mol. The van der Waals surface area contributed by atoms with E-state index in [4.69, 9.17) is 26.0 Å². The molecule has 3 aromatic rings. The van der Waals surface area contributed by atoms with Gasteiger partial charge in [-0.2, -0.15) is 5.26 Å². The number of benzene rings is 3. The number of amides is 3. The number of hydrogen-bond donors (Lipinski definition) is 4. The van der Waals surface area contributed by atoms with Crippen molar-refractivity contribution in [2.75, 3.05) is 64.1 Å². The van der Waals surface area contributed by atoms with Crippen molar-refractivity contribution in [1.82, 2.24) is 15.1 Å². The van der Waals surface area contributed by atoms with Crippen molar-refractivity contribution in [2.45, 2.75) is 19.8 Å². The van der Waals surface area contributed by atoms with E-state index in [9.17, 15) is 19.6 Å². The van der Waals surface area contributed by atoms with E-state index in [2.05, 4.69) is 11.4 Å². The van der Waals surface area contributed by atoms with E-state index in [-0.39, 0.29) is 35.9 Å². The Balaban J connectivity index is 1.17. The standard InChI is InChI=1S/C38H42N8O5/c1-4-46(30-10-11-32(40)31(20-30)35(41)27-9-12-33(50-3)29(19-27)21-39)37(48)28-13-16-44(22-28)23-34(47)45-17-14-25(15-18-45)24-5-7-26(8-6-24)36(42)51-38(49)43-2/h5-12,14,19-20,28,41-42H,4,13,15-18,22-23,40H2,1-3H3,(H,43,49)/t28-/m1/s1. The molecule has 1 atom stereocenters. The number of ether oxygens (including phenoxy) is 2. The second-order valence-electron chi connectivity index (χ2n) is 12.3. The zero-order valence-electron chi connectivity index (χ0n) is 29.0. The van der Waals surface area contributed by atoms with Crippen molar-refractivity contribution in [2.24, 2.45) is 5.92 Å². The third kappa shape index (κ3) is 8.25. The average molecular weight is 691 g/mol. The predicted molar refractivity (Wildman–Crippen MR) is 195 cm³/mol. The molecule has 2 aliphatic heterocycles. The number of nitrogens with one attached hydrogen (secondary N) is 3. The van der Waals surface area contributed by atoms with E-state index in [0.717, 1.165) is 11.1 Å². The topological polar surface area (TPSA) is 189 Å². The molecule has 0 aliphatic carbocycles. The first-order valence-corrected chi connectivity index (χ1v) is 16.7. The van der Waals surface area contributed by atoms with E-state index in [0.29, 0.717) is 84.9 Å². The zero-order valence-corrected chi connectivity index (χ0v) is 29.0. The highest BCUT2D eigenvalue weighted by Gasteiger charge is 2.33. The number of nitriles is 1. The maximum atomic E-state index is 13.8. The molecule has 1 saturated heterocycles. The maximum absolute atomic E-state index is 13.8. The Labute approximate surface area is 297 Å². The lowest BCUT2D eigenvalue weighted by molar-refractivity contribution is -0.132. The van der Waals surface area contributed by atoms with Crippen LogP contribution in [0.1, 0.15) is 47.6 Å². The van der Waals surface area contributed by atoms with Gasteiger partial charge in [-0.3, -0.25) is 25.3 Å². The second-order valence-corrected chi connectivity index (χ2v) is 12.3. The summed E-state index contributed by atoms with van der Waals surface area (Å²) in [7, 11) is 2.91. The first kappa shape index (κ1) is 36.3. The first-order chi connectivity index (χ1) is 24.6. The fourth-order valence-electron chi connectivity index (χ4n) is 6.39. The van der Waals surface area contributed by atoms with Crippen LogP contribution in [0.25, 0.3) is 5.57 Å². The Morgan fingerprint density at radius 2 is 1.80 bits per heavy atom. The van der Waals surface area contributed by atoms with Gasteiger partial charge in [0, 0.05) is 61.3 Å². The lowest BCUT2D eigenvalue weighted by Crippen LogP contribution is -2.42. The summed E-state index contributed by atoms with van der Waals surface area (Å²) in [4.78, 5) is 44.0. The largest absolute Gasteiger partial charge is 0.495 e. The van der Waals surface area contributed by atoms with Crippen LogP contribution in [-0.4, -0.2) is 92.7 Å². The molecule has 3 amide bonds. The summed E-state index contributed by atoms with van der Waals surface area (Å²) < 4.78 is 10.1. The summed E-state index contributed by atoms with van der Waals surface area (Å²) in [5.41, 5.74) is 11.3. The number of carbonyl (C=O) groups is 3. The molecule has 0 aromatic heterocycles. The van der Waals surface area contributed by atoms with Crippen LogP contribution in [0.5, 0.6) is 5.75 Å². The van der Waals surface area contributed by atoms with Crippen LogP contribution in [0.3, 0.4) is 0 Å². The SMILES string of the molecule is CCN(C(=O)[C@@H]1CCN(CC(=O)N2CC=C(c3ccc(C(=N)OC(=O)NC)cc3)CC2)C1)c1ccc(N)c(C(=N)c2ccc(OC)c(C#N)c2)c1. The Morgan fingerprint density at radius 1 is 1.06 bits per heavy atom. The molecule has 13 heteroatoms. The van der Waals surface area contributed by atoms with Crippen LogP contribution in [-0.2, 0) is 14.3 Å². The molecule has 0 saturated carbocycles. The van der Waals surface area contributed by atoms with Crippen molar-refractivity contribution in [3.05, 3.63) is 94.6 Å². The minimum Gasteiger partial charge on any atom is -0.495 e. The normalized spacial score (nSPS) is 15.7. The van der Waals surface area contributed by atoms with Crippen LogP contribution in [0, 0.1) is 28.1 Å². The van der Waals surface area contributed by atoms with Gasteiger partial charge in [0.2, 0.25) is 17.7 Å². The molecule has 5 N–H and O–H groups in total. The third-order valence-corrected chi connectivity index (χ3v) is 9.27. The van der Waals surface area contributed by atoms with Gasteiger partial charge in [0.05, 0.1) is 30.8 Å². The lowest BCUT2D eigenvalue weighted by Gasteiger charge is -2.29. The summed E-state index contributed by atoms with van der Waals surface area (Å²) >= 11 is 0. The van der Waals surface area contributed by atoms with Crippen molar-refractivity contribution >= 4 is 46.5 Å². The molecule has 0 unspecified atom stereocenters. The van der Waals surface area contributed by atoms with E-state index < -0.39 is 6.09 Å². The van der Waals surface area contributed by atoms with Crippen LogP contribution >= 0.6 is 0 Å². The van der Waals surface area contributed by atoms with Gasteiger partial charge in [-0.1, -0.05) is 18.2 Å². The number of alkyl carbamates (subject to hydrolysis) is 1. The van der Waals surface area contributed by atoms with Crippen molar-refractivity contribution in [1.29, 1.82) is 16.1 Å². The van der Waals surface area contributed by atoms with Gasteiger partial charge in [-0.15, -0.1) is 0 Å². The molecule has 0 radical (unpaired) electrons. The molecule has 1 fully saturated rings. The van der Waals surface area contributed by atoms with E-state index >= 15 is 0 Å². The summed E-state index contributed by atoms with van der Waals surface area (Å²) in [5.74, 6) is -0.125. The Hall–Kier alpha value is -6.00. The maximum Gasteiger partial charge on any atom is 0.413 e. The number of nitrogen functional groups attached to an aromatic ring is 1. The van der Waals surface area contributed by atoms with E-state index in [1.54, 1.807) is 53.4 Å². The second kappa shape index (κ2) is 16.1. The van der Waals surface area contributed by atoms with E-state index in [1.807, 2.05) is 34.9 Å². The number of anilines is 2. The smallest absolute Gasteiger partial charge is 0.413 e. The lowest BCUT2D eigenvalue weighted by atomic mass is 9.98. The average Bonchev–Trinajstić information content (AvgIpc) is 3.63. The fourth-order valence-corrected chi connectivity index (χ4v) is 6.39. The minimum atomic E-state index is -0.697. The molecule has 0 bridgehead atoms. The van der Waals surface area contributed by atoms with Crippen LogP contribution < -0.4 is 20.7 Å². The van der Waals surface area contributed by atoms with Crippen LogP contribution in [0.4, 0.5) is 16.2 Å². The molecule has 2 heterocycles. The van der Waals surface area contributed by atoms with Gasteiger partial charge in [0.1, 0.15) is 11.8 Å². The van der Waals surface area contributed by atoms with Crippen molar-refractivity contribution in [3.8, 4) is 11.8 Å². The molecular weight excluding hydrogens is 648 g/mol. The number of nitrogens with zero attached hydrogens (tertiary/aromatic N) is 4. The Morgan fingerprint density at radius 3 is 2.45 bits per heavy atom. The van der Waals surface area contributed by atoms with Crippen molar-refractivity contribution in [3.63, 3.8) is 0 Å². The molecular formula is C38H42N8O5. The van der Waals surface area contributed by atoms with E-state index in [1.165, 1.54) is 14.2 Å². The summed E-state index contributed by atoms with van der Waals surface area (Å²) in [6.45, 7) is 4.72. The number of hydrogen-bond acceptors (Lipinski definition) is 10. The van der Waals surface area contributed by atoms with Gasteiger partial charge in [0.25, 0.3) is 0 Å². The van der Waals surface area contributed by atoms with Gasteiger partial charge >= 0.3 is 6.09 Å². The van der Waals surface area contributed by atoms with Gasteiger partial charge < -0.3 is 30.3 Å². The first-order valence-electron chi connectivity index (χ1n) is 16.7. The van der Waals surface area contributed by atoms with Gasteiger partial charge in [0.15, 0.2) is 0 Å². The number of methoxy groups -OCH3 is 1. The van der Waals surface area contributed by atoms with Crippen LogP contribution in [0.2, 0.25) is 0 Å². The summed E-state index contributed by atoms with van der Waals surface area (Å²) in [5, 5.41) is 28.6. The minimum absolute atomic E-state index is 0.0145. The zero-order chi connectivity index (χ0) is 36.7. The molecule has 0 spiro atoms. The highest BCUT2D eigenvalue weighted by atomic mass is 16.6. The highest BCUT2D eigenvalue weighted by molar-refractivity contribution is 6.15. The third-order valence-electron chi connectivity index (χ3n) is 9.27. The predicted octanol–water partition coefficient (Wildman–Crippen LogP) is 4.24. The number of nitrogens with two attached hydrogens (primary N) is 1. The highest BCUT2D eigenvalue weighted by Crippen LogP contribution is 2.29. The number of likely N-dealkylation sites (tertiary alicyclic amines) is 1. The summed E-state index contributed by atoms with van der Waals surface area (Å²) in [6, 6.07) is 19.4. The Kier molecular flexibility index (Phi) is 11.5. The summed E-state index contributed by atoms with van der Waals surface area (Å²) in [6.07, 6.45) is 2.66. The number of carbonyl (C=O) groups excluding carboxylic acids is 3. The molecule has 2 aliphatic rings. The molecule has 51 heavy (non-hydrogen) atoms. The van der Waals surface area contributed by atoms with Crippen LogP contribution in [0.15, 0.2) is 66.7 Å². The Bertz CT molecular complexity index is 1920. The molecule has 264 valence electrons.